The van der Waals surface area contributed by atoms with Gasteiger partial charge in [-0.25, -0.2) is 9.18 Å². The summed E-state index contributed by atoms with van der Waals surface area (Å²) in [7, 11) is 1.63. The van der Waals surface area contributed by atoms with Crippen LogP contribution in [0.1, 0.15) is 34.7 Å². The maximum atomic E-state index is 13.3. The van der Waals surface area contributed by atoms with E-state index >= 15 is 0 Å². The number of piperidine rings is 1. The van der Waals surface area contributed by atoms with Gasteiger partial charge in [0, 0.05) is 37.3 Å². The lowest BCUT2D eigenvalue weighted by Gasteiger charge is -2.32. The van der Waals surface area contributed by atoms with Crippen LogP contribution in [0.25, 0.3) is 0 Å². The first-order valence-electron chi connectivity index (χ1n) is 8.70. The van der Waals surface area contributed by atoms with Gasteiger partial charge in [0.2, 0.25) is 0 Å². The second kappa shape index (κ2) is 7.99. The molecule has 1 aliphatic heterocycles. The molecule has 0 saturated carbocycles. The first-order chi connectivity index (χ1) is 12.6. The van der Waals surface area contributed by atoms with E-state index in [1.807, 2.05) is 18.2 Å². The van der Waals surface area contributed by atoms with Crippen LogP contribution < -0.4 is 10.6 Å². The number of likely N-dealkylation sites (tertiary alicyclic amines) is 1. The van der Waals surface area contributed by atoms with Crippen molar-refractivity contribution in [3.05, 3.63) is 65.5 Å². The number of amides is 3. The predicted molar refractivity (Wildman–Crippen MR) is 98.8 cm³/mol. The molecule has 1 saturated heterocycles. The largest absolute Gasteiger partial charge is 0.341 e. The number of anilines is 1. The molecule has 136 valence electrons. The number of urea groups is 1. The molecule has 1 fully saturated rings. The Morgan fingerprint density at radius 3 is 2.73 bits per heavy atom. The van der Waals surface area contributed by atoms with Crippen LogP contribution in [0.4, 0.5) is 14.9 Å². The fourth-order valence-corrected chi connectivity index (χ4v) is 3.30. The molecule has 0 aromatic heterocycles. The summed E-state index contributed by atoms with van der Waals surface area (Å²) in [5.41, 5.74) is 1.97. The van der Waals surface area contributed by atoms with Crippen LogP contribution >= 0.6 is 0 Å². The van der Waals surface area contributed by atoms with Crippen LogP contribution in [0, 0.1) is 5.82 Å². The minimum Gasteiger partial charge on any atom is -0.341 e. The van der Waals surface area contributed by atoms with Gasteiger partial charge in [-0.1, -0.05) is 18.2 Å². The summed E-state index contributed by atoms with van der Waals surface area (Å²) in [5.74, 6) is -0.479. The highest BCUT2D eigenvalue weighted by Crippen LogP contribution is 2.27. The smallest absolute Gasteiger partial charge is 0.317 e. The van der Waals surface area contributed by atoms with E-state index in [9.17, 15) is 14.0 Å². The number of benzene rings is 2. The molecule has 2 N–H and O–H groups in total. The summed E-state index contributed by atoms with van der Waals surface area (Å²) in [4.78, 5) is 26.1. The van der Waals surface area contributed by atoms with Crippen molar-refractivity contribution in [2.24, 2.45) is 0 Å². The molecule has 26 heavy (non-hydrogen) atoms. The number of carbonyl (C=O) groups is 2. The van der Waals surface area contributed by atoms with E-state index in [0.717, 1.165) is 24.9 Å². The van der Waals surface area contributed by atoms with Crippen LogP contribution in [-0.4, -0.2) is 37.0 Å². The lowest BCUT2D eigenvalue weighted by atomic mass is 9.89. The van der Waals surface area contributed by atoms with Crippen molar-refractivity contribution in [3.63, 3.8) is 0 Å². The van der Waals surface area contributed by atoms with Crippen molar-refractivity contribution in [1.29, 1.82) is 0 Å². The summed E-state index contributed by atoms with van der Waals surface area (Å²) in [6, 6.07) is 13.1. The SMILES string of the molecule is CNC(=O)N1CCC[C@H](c2cccc(C(=O)Nc3cccc(F)c3)c2)C1. The monoisotopic (exact) mass is 355 g/mol. The van der Waals surface area contributed by atoms with Crippen LogP contribution in [0.5, 0.6) is 0 Å². The first-order valence-corrected chi connectivity index (χ1v) is 8.70. The average molecular weight is 355 g/mol. The maximum Gasteiger partial charge on any atom is 0.317 e. The standard InChI is InChI=1S/C20H22FN3O2/c1-22-20(26)24-10-4-7-16(13-24)14-5-2-6-15(11-14)19(25)23-18-9-3-8-17(21)12-18/h2-3,5-6,8-9,11-12,16H,4,7,10,13H2,1H3,(H,22,26)(H,23,25)/t16-/m0/s1. The maximum absolute atomic E-state index is 13.3. The third-order valence-electron chi connectivity index (χ3n) is 4.63. The molecular formula is C20H22FN3O2. The summed E-state index contributed by atoms with van der Waals surface area (Å²) in [5, 5.41) is 5.37. The van der Waals surface area contributed by atoms with E-state index in [1.54, 1.807) is 30.1 Å². The predicted octanol–water partition coefficient (Wildman–Crippen LogP) is 3.60. The zero-order valence-electron chi connectivity index (χ0n) is 14.7. The molecular weight excluding hydrogens is 333 g/mol. The summed E-state index contributed by atoms with van der Waals surface area (Å²) in [6.07, 6.45) is 1.90. The Kier molecular flexibility index (Phi) is 5.51. The molecule has 2 aromatic rings. The van der Waals surface area contributed by atoms with Gasteiger partial charge in [0.25, 0.3) is 5.91 Å². The summed E-state index contributed by atoms with van der Waals surface area (Å²) in [6.45, 7) is 1.38. The molecule has 0 bridgehead atoms. The highest BCUT2D eigenvalue weighted by Gasteiger charge is 2.24. The molecule has 2 aromatic carbocycles. The van der Waals surface area contributed by atoms with Gasteiger partial charge in [0.1, 0.15) is 5.82 Å². The molecule has 3 amide bonds. The van der Waals surface area contributed by atoms with Gasteiger partial charge in [0.15, 0.2) is 0 Å². The zero-order valence-corrected chi connectivity index (χ0v) is 14.7. The molecule has 1 atom stereocenters. The third-order valence-corrected chi connectivity index (χ3v) is 4.63. The fraction of sp³-hybridized carbons (Fsp3) is 0.300. The van der Waals surface area contributed by atoms with Crippen molar-refractivity contribution in [1.82, 2.24) is 10.2 Å². The molecule has 0 radical (unpaired) electrons. The Morgan fingerprint density at radius 1 is 1.15 bits per heavy atom. The van der Waals surface area contributed by atoms with Crippen molar-refractivity contribution < 1.29 is 14.0 Å². The Bertz CT molecular complexity index is 809. The number of hydrogen-bond donors (Lipinski definition) is 2. The van der Waals surface area contributed by atoms with Crippen molar-refractivity contribution >= 4 is 17.6 Å². The van der Waals surface area contributed by atoms with Crippen molar-refractivity contribution in [3.8, 4) is 0 Å². The average Bonchev–Trinajstić information content (AvgIpc) is 2.67. The second-order valence-electron chi connectivity index (χ2n) is 6.43. The Balaban J connectivity index is 1.73. The summed E-state index contributed by atoms with van der Waals surface area (Å²) < 4.78 is 13.3. The molecule has 5 nitrogen and oxygen atoms in total. The molecule has 6 heteroatoms. The van der Waals surface area contributed by atoms with Gasteiger partial charge in [-0.05, 0) is 48.7 Å². The van der Waals surface area contributed by atoms with Gasteiger partial charge in [-0.3, -0.25) is 4.79 Å². The van der Waals surface area contributed by atoms with E-state index in [0.29, 0.717) is 17.8 Å². The molecule has 0 aliphatic carbocycles. The molecule has 0 spiro atoms. The highest BCUT2D eigenvalue weighted by molar-refractivity contribution is 6.04. The molecule has 3 rings (SSSR count). The lowest BCUT2D eigenvalue weighted by Crippen LogP contribution is -2.43. The van der Waals surface area contributed by atoms with Crippen molar-refractivity contribution in [2.75, 3.05) is 25.5 Å². The van der Waals surface area contributed by atoms with Gasteiger partial charge >= 0.3 is 6.03 Å². The van der Waals surface area contributed by atoms with Crippen LogP contribution in [0.15, 0.2) is 48.5 Å². The number of halogens is 1. The van der Waals surface area contributed by atoms with E-state index in [-0.39, 0.29) is 17.9 Å². The fourth-order valence-electron chi connectivity index (χ4n) is 3.30. The van der Waals surface area contributed by atoms with Gasteiger partial charge < -0.3 is 15.5 Å². The van der Waals surface area contributed by atoms with Gasteiger partial charge in [-0.2, -0.15) is 0 Å². The molecule has 0 unspecified atom stereocenters. The Hall–Kier alpha value is -2.89. The minimum absolute atomic E-state index is 0.0744. The molecule has 1 aliphatic rings. The quantitative estimate of drug-likeness (QED) is 0.884. The Morgan fingerprint density at radius 2 is 1.96 bits per heavy atom. The number of nitrogens with one attached hydrogen (secondary N) is 2. The third kappa shape index (κ3) is 4.20. The van der Waals surface area contributed by atoms with E-state index < -0.39 is 5.82 Å². The van der Waals surface area contributed by atoms with Gasteiger partial charge in [-0.15, -0.1) is 0 Å². The van der Waals surface area contributed by atoms with Gasteiger partial charge in [0.05, 0.1) is 0 Å². The van der Waals surface area contributed by atoms with E-state index in [4.69, 9.17) is 0 Å². The number of hydrogen-bond acceptors (Lipinski definition) is 2. The number of carbonyl (C=O) groups excluding carboxylic acids is 2. The lowest BCUT2D eigenvalue weighted by molar-refractivity contribution is 0.102. The zero-order chi connectivity index (χ0) is 18.5. The first kappa shape index (κ1) is 17.9. The van der Waals surface area contributed by atoms with E-state index in [2.05, 4.69) is 10.6 Å². The Labute approximate surface area is 152 Å². The highest BCUT2D eigenvalue weighted by atomic mass is 19.1. The topological polar surface area (TPSA) is 61.4 Å². The van der Waals surface area contributed by atoms with Crippen LogP contribution in [-0.2, 0) is 0 Å². The minimum atomic E-state index is -0.395. The number of rotatable bonds is 3. The van der Waals surface area contributed by atoms with Crippen LogP contribution in [0.2, 0.25) is 0 Å². The van der Waals surface area contributed by atoms with Crippen LogP contribution in [0.3, 0.4) is 0 Å². The molecule has 1 heterocycles. The second-order valence-corrected chi connectivity index (χ2v) is 6.43. The normalized spacial score (nSPS) is 16.8. The summed E-state index contributed by atoms with van der Waals surface area (Å²) >= 11 is 0. The number of nitrogens with zero attached hydrogens (tertiary/aromatic N) is 1. The van der Waals surface area contributed by atoms with E-state index in [1.165, 1.54) is 12.1 Å². The van der Waals surface area contributed by atoms with Crippen molar-refractivity contribution in [2.45, 2.75) is 18.8 Å².